The smallest absolute Gasteiger partial charge is 0.310 e. The number of methoxy groups -OCH3 is 1. The highest BCUT2D eigenvalue weighted by Crippen LogP contribution is 2.26. The summed E-state index contributed by atoms with van der Waals surface area (Å²) in [5.74, 6) is -0.706. The standard InChI is InChI=1S/C13H27NO3/c1-6-8-13(4,12(15)16)10-14(7-2)11(3)9-17-5/h11H,6-10H2,1-5H3,(H,15,16). The third kappa shape index (κ3) is 5.04. The van der Waals surface area contributed by atoms with Crippen molar-refractivity contribution in [2.45, 2.75) is 46.6 Å². The van der Waals surface area contributed by atoms with Gasteiger partial charge in [-0.05, 0) is 26.8 Å². The Kier molecular flexibility index (Phi) is 7.39. The van der Waals surface area contributed by atoms with Crippen molar-refractivity contribution in [3.63, 3.8) is 0 Å². The molecule has 0 aromatic carbocycles. The zero-order chi connectivity index (χ0) is 13.5. The number of carboxylic acid groups (broad SMARTS) is 1. The molecule has 1 N–H and O–H groups in total. The molecular weight excluding hydrogens is 218 g/mol. The molecule has 0 fully saturated rings. The van der Waals surface area contributed by atoms with Gasteiger partial charge in [0.2, 0.25) is 0 Å². The molecule has 0 saturated carbocycles. The fraction of sp³-hybridized carbons (Fsp3) is 0.923. The van der Waals surface area contributed by atoms with Crippen molar-refractivity contribution >= 4 is 5.97 Å². The summed E-state index contributed by atoms with van der Waals surface area (Å²) in [5, 5.41) is 9.36. The fourth-order valence-corrected chi connectivity index (χ4v) is 2.18. The average Bonchev–Trinajstić information content (AvgIpc) is 2.26. The maximum absolute atomic E-state index is 11.4. The zero-order valence-electron chi connectivity index (χ0n) is 11.8. The molecule has 4 heteroatoms. The van der Waals surface area contributed by atoms with Crippen molar-refractivity contribution < 1.29 is 14.6 Å². The monoisotopic (exact) mass is 245 g/mol. The summed E-state index contributed by atoms with van der Waals surface area (Å²) in [5.41, 5.74) is -0.660. The van der Waals surface area contributed by atoms with Crippen LogP contribution in [0.25, 0.3) is 0 Å². The van der Waals surface area contributed by atoms with E-state index in [1.165, 1.54) is 0 Å². The Morgan fingerprint density at radius 2 is 2.06 bits per heavy atom. The second-order valence-electron chi connectivity index (χ2n) is 4.98. The summed E-state index contributed by atoms with van der Waals surface area (Å²) >= 11 is 0. The second kappa shape index (κ2) is 7.67. The molecule has 0 radical (unpaired) electrons. The number of nitrogens with zero attached hydrogens (tertiary/aromatic N) is 1. The summed E-state index contributed by atoms with van der Waals surface area (Å²) in [4.78, 5) is 13.6. The van der Waals surface area contributed by atoms with E-state index in [0.717, 1.165) is 13.0 Å². The number of carbonyl (C=O) groups is 1. The number of aliphatic carboxylic acids is 1. The molecule has 0 spiro atoms. The molecular formula is C13H27NO3. The molecule has 102 valence electrons. The van der Waals surface area contributed by atoms with Crippen LogP contribution >= 0.6 is 0 Å². The van der Waals surface area contributed by atoms with Crippen LogP contribution in [-0.4, -0.2) is 48.8 Å². The van der Waals surface area contributed by atoms with Gasteiger partial charge in [-0.1, -0.05) is 20.3 Å². The summed E-state index contributed by atoms with van der Waals surface area (Å²) < 4.78 is 5.13. The van der Waals surface area contributed by atoms with Crippen molar-refractivity contribution in [2.24, 2.45) is 5.41 Å². The molecule has 17 heavy (non-hydrogen) atoms. The third-order valence-electron chi connectivity index (χ3n) is 3.31. The van der Waals surface area contributed by atoms with Crippen LogP contribution in [0.5, 0.6) is 0 Å². The van der Waals surface area contributed by atoms with E-state index < -0.39 is 11.4 Å². The van der Waals surface area contributed by atoms with Crippen LogP contribution in [0, 0.1) is 5.41 Å². The molecule has 0 heterocycles. The van der Waals surface area contributed by atoms with Gasteiger partial charge in [-0.25, -0.2) is 0 Å². The van der Waals surface area contributed by atoms with E-state index in [4.69, 9.17) is 4.74 Å². The number of rotatable bonds is 9. The summed E-state index contributed by atoms with van der Waals surface area (Å²) in [6, 6.07) is 0.250. The van der Waals surface area contributed by atoms with Crippen LogP contribution in [0.2, 0.25) is 0 Å². The van der Waals surface area contributed by atoms with Gasteiger partial charge in [0, 0.05) is 19.7 Å². The summed E-state index contributed by atoms with van der Waals surface area (Å²) in [6.45, 7) is 10.0. The first-order valence-corrected chi connectivity index (χ1v) is 6.37. The summed E-state index contributed by atoms with van der Waals surface area (Å²) in [6.07, 6.45) is 1.59. The minimum absolute atomic E-state index is 0.250. The Balaban J connectivity index is 4.65. The maximum atomic E-state index is 11.4. The van der Waals surface area contributed by atoms with Gasteiger partial charge < -0.3 is 9.84 Å². The van der Waals surface area contributed by atoms with E-state index in [1.54, 1.807) is 7.11 Å². The number of ether oxygens (including phenoxy) is 1. The normalized spacial score (nSPS) is 16.8. The third-order valence-corrected chi connectivity index (χ3v) is 3.31. The van der Waals surface area contributed by atoms with Gasteiger partial charge in [0.05, 0.1) is 12.0 Å². The van der Waals surface area contributed by atoms with Gasteiger partial charge >= 0.3 is 5.97 Å². The van der Waals surface area contributed by atoms with E-state index >= 15 is 0 Å². The predicted octanol–water partition coefficient (Wildman–Crippen LogP) is 2.23. The number of hydrogen-bond acceptors (Lipinski definition) is 3. The highest BCUT2D eigenvalue weighted by Gasteiger charge is 2.34. The largest absolute Gasteiger partial charge is 0.481 e. The molecule has 2 unspecified atom stereocenters. The highest BCUT2D eigenvalue weighted by atomic mass is 16.5. The molecule has 0 aliphatic carbocycles. The summed E-state index contributed by atoms with van der Waals surface area (Å²) in [7, 11) is 1.67. The van der Waals surface area contributed by atoms with Gasteiger partial charge in [-0.15, -0.1) is 0 Å². The minimum Gasteiger partial charge on any atom is -0.481 e. The highest BCUT2D eigenvalue weighted by molar-refractivity contribution is 5.74. The Bertz CT molecular complexity index is 233. The average molecular weight is 245 g/mol. The van der Waals surface area contributed by atoms with Crippen molar-refractivity contribution in [3.05, 3.63) is 0 Å². The van der Waals surface area contributed by atoms with Crippen molar-refractivity contribution in [1.82, 2.24) is 4.90 Å². The minimum atomic E-state index is -0.706. The Morgan fingerprint density at radius 1 is 1.47 bits per heavy atom. The lowest BCUT2D eigenvalue weighted by molar-refractivity contribution is -0.150. The SMILES string of the molecule is CCCC(C)(CN(CC)C(C)COC)C(=O)O. The number of likely N-dealkylation sites (N-methyl/N-ethyl adjacent to an activating group) is 1. The van der Waals surface area contributed by atoms with Gasteiger partial charge in [-0.3, -0.25) is 9.69 Å². The van der Waals surface area contributed by atoms with Crippen LogP contribution in [0.1, 0.15) is 40.5 Å². The first kappa shape index (κ1) is 16.4. The first-order chi connectivity index (χ1) is 7.91. The molecule has 0 bridgehead atoms. The van der Waals surface area contributed by atoms with E-state index in [2.05, 4.69) is 18.7 Å². The number of hydrogen-bond donors (Lipinski definition) is 1. The lowest BCUT2D eigenvalue weighted by atomic mass is 9.84. The Labute approximate surface area is 105 Å². The van der Waals surface area contributed by atoms with Crippen LogP contribution in [-0.2, 0) is 9.53 Å². The molecule has 4 nitrogen and oxygen atoms in total. The zero-order valence-corrected chi connectivity index (χ0v) is 11.8. The molecule has 0 aliphatic rings. The lowest BCUT2D eigenvalue weighted by Gasteiger charge is -2.35. The molecule has 0 aromatic rings. The van der Waals surface area contributed by atoms with Crippen molar-refractivity contribution in [2.75, 3.05) is 26.8 Å². The molecule has 2 atom stereocenters. The first-order valence-electron chi connectivity index (χ1n) is 6.37. The van der Waals surface area contributed by atoms with E-state index in [-0.39, 0.29) is 6.04 Å². The topological polar surface area (TPSA) is 49.8 Å². The predicted molar refractivity (Wildman–Crippen MR) is 69.2 cm³/mol. The van der Waals surface area contributed by atoms with Crippen LogP contribution in [0.15, 0.2) is 0 Å². The quantitative estimate of drug-likeness (QED) is 0.677. The Hall–Kier alpha value is -0.610. The van der Waals surface area contributed by atoms with E-state index in [1.807, 2.05) is 13.8 Å². The molecule has 0 aromatic heterocycles. The maximum Gasteiger partial charge on any atom is 0.310 e. The van der Waals surface area contributed by atoms with Gasteiger partial charge in [-0.2, -0.15) is 0 Å². The van der Waals surface area contributed by atoms with E-state index in [9.17, 15) is 9.90 Å². The lowest BCUT2D eigenvalue weighted by Crippen LogP contribution is -2.46. The Morgan fingerprint density at radius 3 is 2.41 bits per heavy atom. The van der Waals surface area contributed by atoms with Crippen LogP contribution in [0.3, 0.4) is 0 Å². The van der Waals surface area contributed by atoms with Crippen LogP contribution < -0.4 is 0 Å². The molecule has 0 aliphatic heterocycles. The second-order valence-corrected chi connectivity index (χ2v) is 4.98. The van der Waals surface area contributed by atoms with Crippen LogP contribution in [0.4, 0.5) is 0 Å². The van der Waals surface area contributed by atoms with Crippen molar-refractivity contribution in [3.8, 4) is 0 Å². The van der Waals surface area contributed by atoms with E-state index in [0.29, 0.717) is 19.6 Å². The van der Waals surface area contributed by atoms with Crippen molar-refractivity contribution in [1.29, 1.82) is 0 Å². The fourth-order valence-electron chi connectivity index (χ4n) is 2.18. The van der Waals surface area contributed by atoms with Gasteiger partial charge in [0.25, 0.3) is 0 Å². The van der Waals surface area contributed by atoms with Gasteiger partial charge in [0.1, 0.15) is 0 Å². The molecule has 0 saturated heterocycles. The molecule has 0 rings (SSSR count). The van der Waals surface area contributed by atoms with Gasteiger partial charge in [0.15, 0.2) is 0 Å². The number of carboxylic acids is 1. The molecule has 0 amide bonds.